The lowest BCUT2D eigenvalue weighted by Gasteiger charge is -2.22. The third kappa shape index (κ3) is 3.53. The van der Waals surface area contributed by atoms with E-state index in [-0.39, 0.29) is 11.8 Å². The molecule has 2 fully saturated rings. The van der Waals surface area contributed by atoms with Crippen LogP contribution in [0.2, 0.25) is 0 Å². The van der Waals surface area contributed by atoms with Gasteiger partial charge in [0.2, 0.25) is 5.91 Å². The number of hydrogen-bond donors (Lipinski definition) is 1. The average molecular weight is 275 g/mol. The molecule has 0 unspecified atom stereocenters. The zero-order valence-corrected chi connectivity index (χ0v) is 12.0. The Morgan fingerprint density at radius 1 is 1.00 bits per heavy atom. The van der Waals surface area contributed by atoms with Crippen molar-refractivity contribution in [3.63, 3.8) is 0 Å². The maximum absolute atomic E-state index is 11.6. The van der Waals surface area contributed by atoms with E-state index in [2.05, 4.69) is 29.0 Å². The molecule has 19 heavy (non-hydrogen) atoms. The second-order valence-corrected chi connectivity index (χ2v) is 6.63. The molecule has 0 heterocycles. The topological polar surface area (TPSA) is 29.1 Å². The molecular weight excluding hydrogens is 254 g/mol. The zero-order chi connectivity index (χ0) is 13.1. The standard InChI is InChI=1S/C16H21NOS/c18-16(14-6-7-14)17-19-15-10-8-13(9-11-15)12-4-2-1-3-5-12/h8-12,14H,1-7H2,(H,17,18). The smallest absolute Gasteiger partial charge is 0.233 e. The molecule has 0 spiro atoms. The summed E-state index contributed by atoms with van der Waals surface area (Å²) in [5, 5.41) is 0. The highest BCUT2D eigenvalue weighted by Gasteiger charge is 2.29. The van der Waals surface area contributed by atoms with Gasteiger partial charge in [0.15, 0.2) is 0 Å². The van der Waals surface area contributed by atoms with Gasteiger partial charge in [-0.3, -0.25) is 9.52 Å². The first-order valence-electron chi connectivity index (χ1n) is 7.39. The van der Waals surface area contributed by atoms with Crippen LogP contribution in [-0.2, 0) is 4.79 Å². The molecule has 2 nitrogen and oxygen atoms in total. The van der Waals surface area contributed by atoms with Crippen LogP contribution in [0.5, 0.6) is 0 Å². The van der Waals surface area contributed by atoms with Crippen LogP contribution in [0.1, 0.15) is 56.4 Å². The summed E-state index contributed by atoms with van der Waals surface area (Å²) in [7, 11) is 0. The van der Waals surface area contributed by atoms with Crippen LogP contribution < -0.4 is 4.72 Å². The molecule has 3 rings (SSSR count). The molecule has 0 aromatic heterocycles. The molecule has 1 N–H and O–H groups in total. The lowest BCUT2D eigenvalue weighted by atomic mass is 9.84. The van der Waals surface area contributed by atoms with Crippen molar-refractivity contribution in [3.8, 4) is 0 Å². The third-order valence-corrected chi connectivity index (χ3v) is 4.99. The third-order valence-electron chi connectivity index (χ3n) is 4.17. The van der Waals surface area contributed by atoms with Gasteiger partial charge in [0.1, 0.15) is 0 Å². The fourth-order valence-corrected chi connectivity index (χ4v) is 3.44. The molecule has 2 saturated carbocycles. The highest BCUT2D eigenvalue weighted by Crippen LogP contribution is 2.33. The van der Waals surface area contributed by atoms with Crippen LogP contribution in [0.15, 0.2) is 29.2 Å². The summed E-state index contributed by atoms with van der Waals surface area (Å²) in [5.74, 6) is 1.24. The zero-order valence-electron chi connectivity index (χ0n) is 11.2. The summed E-state index contributed by atoms with van der Waals surface area (Å²) < 4.78 is 2.94. The molecule has 1 aromatic rings. The number of benzene rings is 1. The van der Waals surface area contributed by atoms with Crippen molar-refractivity contribution >= 4 is 17.9 Å². The largest absolute Gasteiger partial charge is 0.296 e. The first kappa shape index (κ1) is 13.0. The number of carbonyl (C=O) groups is 1. The van der Waals surface area contributed by atoms with Gasteiger partial charge in [0.25, 0.3) is 0 Å². The van der Waals surface area contributed by atoms with Crippen LogP contribution in [0.25, 0.3) is 0 Å². The minimum Gasteiger partial charge on any atom is -0.296 e. The second-order valence-electron chi connectivity index (χ2n) is 5.75. The van der Waals surface area contributed by atoms with E-state index in [1.165, 1.54) is 49.6 Å². The predicted molar refractivity (Wildman–Crippen MR) is 79.0 cm³/mol. The number of nitrogens with one attached hydrogen (secondary N) is 1. The van der Waals surface area contributed by atoms with Gasteiger partial charge in [-0.25, -0.2) is 0 Å². The van der Waals surface area contributed by atoms with Crippen LogP contribution in [0, 0.1) is 5.92 Å². The van der Waals surface area contributed by atoms with Gasteiger partial charge in [-0.1, -0.05) is 31.4 Å². The Morgan fingerprint density at radius 2 is 1.68 bits per heavy atom. The molecule has 0 radical (unpaired) electrons. The normalized spacial score (nSPS) is 20.2. The Bertz CT molecular complexity index is 433. The molecular formula is C16H21NOS. The Morgan fingerprint density at radius 3 is 2.32 bits per heavy atom. The summed E-state index contributed by atoms with van der Waals surface area (Å²) in [5.41, 5.74) is 1.47. The van der Waals surface area contributed by atoms with Gasteiger partial charge in [0.05, 0.1) is 0 Å². The van der Waals surface area contributed by atoms with E-state index in [1.54, 1.807) is 0 Å². The van der Waals surface area contributed by atoms with Gasteiger partial charge >= 0.3 is 0 Å². The Labute approximate surface area is 119 Å². The van der Waals surface area contributed by atoms with Crippen molar-refractivity contribution in [2.24, 2.45) is 5.92 Å². The second kappa shape index (κ2) is 6.00. The number of amides is 1. The fraction of sp³-hybridized carbons (Fsp3) is 0.562. The summed E-state index contributed by atoms with van der Waals surface area (Å²) in [6.45, 7) is 0. The Balaban J connectivity index is 1.54. The quantitative estimate of drug-likeness (QED) is 0.832. The van der Waals surface area contributed by atoms with Crippen LogP contribution in [-0.4, -0.2) is 5.91 Å². The highest BCUT2D eigenvalue weighted by atomic mass is 32.2. The molecule has 2 aliphatic carbocycles. The van der Waals surface area contributed by atoms with Crippen molar-refractivity contribution in [1.29, 1.82) is 0 Å². The Kier molecular flexibility index (Phi) is 4.12. The van der Waals surface area contributed by atoms with Crippen LogP contribution >= 0.6 is 11.9 Å². The molecule has 0 atom stereocenters. The van der Waals surface area contributed by atoms with E-state index in [4.69, 9.17) is 0 Å². The van der Waals surface area contributed by atoms with Crippen molar-refractivity contribution in [1.82, 2.24) is 4.72 Å². The fourth-order valence-electron chi connectivity index (χ4n) is 2.78. The van der Waals surface area contributed by atoms with Crippen LogP contribution in [0.4, 0.5) is 0 Å². The number of rotatable bonds is 4. The van der Waals surface area contributed by atoms with Crippen LogP contribution in [0.3, 0.4) is 0 Å². The molecule has 3 heteroatoms. The Hall–Kier alpha value is -0.960. The highest BCUT2D eigenvalue weighted by molar-refractivity contribution is 7.98. The van der Waals surface area contributed by atoms with Gasteiger partial charge in [0, 0.05) is 10.8 Å². The van der Waals surface area contributed by atoms with Crippen molar-refractivity contribution in [2.45, 2.75) is 55.8 Å². The van der Waals surface area contributed by atoms with Crippen molar-refractivity contribution in [3.05, 3.63) is 29.8 Å². The average Bonchev–Trinajstić information content (AvgIpc) is 3.31. The maximum Gasteiger partial charge on any atom is 0.233 e. The van der Waals surface area contributed by atoms with E-state index >= 15 is 0 Å². The molecule has 0 saturated heterocycles. The van der Waals surface area contributed by atoms with Gasteiger partial charge in [-0.2, -0.15) is 0 Å². The van der Waals surface area contributed by atoms with Crippen molar-refractivity contribution < 1.29 is 4.79 Å². The monoisotopic (exact) mass is 275 g/mol. The van der Waals surface area contributed by atoms with Crippen molar-refractivity contribution in [2.75, 3.05) is 0 Å². The summed E-state index contributed by atoms with van der Waals surface area (Å²) in [4.78, 5) is 12.7. The van der Waals surface area contributed by atoms with E-state index in [1.807, 2.05) is 0 Å². The van der Waals surface area contributed by atoms with E-state index in [9.17, 15) is 4.79 Å². The molecule has 1 amide bonds. The van der Waals surface area contributed by atoms with Gasteiger partial charge < -0.3 is 0 Å². The maximum atomic E-state index is 11.6. The predicted octanol–water partition coefficient (Wildman–Crippen LogP) is 4.27. The van der Waals surface area contributed by atoms with E-state index in [0.29, 0.717) is 0 Å². The van der Waals surface area contributed by atoms with E-state index < -0.39 is 0 Å². The number of carbonyl (C=O) groups excluding carboxylic acids is 1. The lowest BCUT2D eigenvalue weighted by Crippen LogP contribution is -2.16. The minimum atomic E-state index is 0.196. The summed E-state index contributed by atoms with van der Waals surface area (Å²) >= 11 is 1.45. The molecule has 0 aliphatic heterocycles. The SMILES string of the molecule is O=C(NSc1ccc(C2CCCCC2)cc1)C1CC1. The first-order chi connectivity index (χ1) is 9.33. The van der Waals surface area contributed by atoms with Gasteiger partial charge in [-0.05, 0) is 61.2 Å². The van der Waals surface area contributed by atoms with E-state index in [0.717, 1.165) is 23.7 Å². The first-order valence-corrected chi connectivity index (χ1v) is 8.21. The summed E-state index contributed by atoms with van der Waals surface area (Å²) in [6.07, 6.45) is 8.95. The lowest BCUT2D eigenvalue weighted by molar-refractivity contribution is -0.120. The summed E-state index contributed by atoms with van der Waals surface area (Å²) in [6, 6.07) is 8.76. The minimum absolute atomic E-state index is 0.196. The van der Waals surface area contributed by atoms with Gasteiger partial charge in [-0.15, -0.1) is 0 Å². The molecule has 2 aliphatic rings. The molecule has 1 aromatic carbocycles. The molecule has 102 valence electrons. The number of hydrogen-bond acceptors (Lipinski definition) is 2. The molecule has 0 bridgehead atoms.